The van der Waals surface area contributed by atoms with Crippen molar-refractivity contribution in [2.45, 2.75) is 53.0 Å². The van der Waals surface area contributed by atoms with Crippen molar-refractivity contribution in [1.82, 2.24) is 5.32 Å². The second-order valence-electron chi connectivity index (χ2n) is 6.64. The van der Waals surface area contributed by atoms with Crippen molar-refractivity contribution in [1.29, 1.82) is 0 Å². The highest BCUT2D eigenvalue weighted by Gasteiger charge is 2.29. The van der Waals surface area contributed by atoms with E-state index in [0.29, 0.717) is 11.5 Å². The molecule has 0 amide bonds. The van der Waals surface area contributed by atoms with Crippen molar-refractivity contribution in [2.24, 2.45) is 5.41 Å². The van der Waals surface area contributed by atoms with Crippen molar-refractivity contribution in [3.63, 3.8) is 0 Å². The predicted molar refractivity (Wildman–Crippen MR) is 93.4 cm³/mol. The summed E-state index contributed by atoms with van der Waals surface area (Å²) in [6.07, 6.45) is 3.79. The number of piperidine rings is 1. The van der Waals surface area contributed by atoms with Crippen molar-refractivity contribution < 1.29 is 0 Å². The molecule has 3 heteroatoms. The van der Waals surface area contributed by atoms with Gasteiger partial charge in [-0.2, -0.15) is 0 Å². The maximum atomic E-state index is 6.54. The van der Waals surface area contributed by atoms with E-state index < -0.39 is 0 Å². The van der Waals surface area contributed by atoms with Crippen LogP contribution < -0.4 is 10.2 Å². The van der Waals surface area contributed by atoms with Crippen LogP contribution in [-0.4, -0.2) is 19.6 Å². The lowest BCUT2D eigenvalue weighted by molar-refractivity contribution is 0.238. The molecule has 0 aromatic heterocycles. The molecule has 1 heterocycles. The average Bonchev–Trinajstić information content (AvgIpc) is 2.48. The van der Waals surface area contributed by atoms with E-state index in [9.17, 15) is 0 Å². The second kappa shape index (κ2) is 7.02. The summed E-state index contributed by atoms with van der Waals surface area (Å²) in [6, 6.07) is 6.88. The fourth-order valence-corrected chi connectivity index (χ4v) is 3.42. The molecule has 2 nitrogen and oxygen atoms in total. The molecule has 1 unspecified atom stereocenters. The summed E-state index contributed by atoms with van der Waals surface area (Å²) in [6.45, 7) is 12.2. The van der Waals surface area contributed by atoms with E-state index in [4.69, 9.17) is 11.6 Å². The average molecular weight is 309 g/mol. The highest BCUT2D eigenvalue weighted by Crippen LogP contribution is 2.38. The van der Waals surface area contributed by atoms with Crippen molar-refractivity contribution >= 4 is 17.3 Å². The fourth-order valence-electron chi connectivity index (χ4n) is 3.11. The highest BCUT2D eigenvalue weighted by atomic mass is 35.5. The molecule has 0 aliphatic carbocycles. The number of benzene rings is 1. The van der Waals surface area contributed by atoms with E-state index in [1.807, 2.05) is 0 Å². The molecule has 1 aromatic rings. The lowest BCUT2D eigenvalue weighted by Crippen LogP contribution is -2.38. The Kier molecular flexibility index (Phi) is 5.56. The number of anilines is 1. The fraction of sp³-hybridized carbons (Fsp3) is 0.667. The molecule has 1 saturated heterocycles. The third kappa shape index (κ3) is 3.92. The molecule has 1 N–H and O–H groups in total. The number of hydrogen-bond donors (Lipinski definition) is 1. The Morgan fingerprint density at radius 1 is 1.29 bits per heavy atom. The standard InChI is InChI=1S/C18H29ClN2/c1-5-18(4)9-11-21(12-10-18)17-8-7-15(13-16(17)19)14(3)20-6-2/h7-8,13-14,20H,5-6,9-12H2,1-4H3. The van der Waals surface area contributed by atoms with Gasteiger partial charge in [-0.3, -0.25) is 0 Å². The molecule has 0 radical (unpaired) electrons. The minimum atomic E-state index is 0.353. The first-order valence-electron chi connectivity index (χ1n) is 8.27. The van der Waals surface area contributed by atoms with E-state index in [2.05, 4.69) is 56.1 Å². The zero-order valence-corrected chi connectivity index (χ0v) is 14.6. The molecule has 0 bridgehead atoms. The molecule has 1 aromatic carbocycles. The molecule has 21 heavy (non-hydrogen) atoms. The van der Waals surface area contributed by atoms with E-state index in [1.165, 1.54) is 30.5 Å². The number of nitrogens with one attached hydrogen (secondary N) is 1. The van der Waals surface area contributed by atoms with Gasteiger partial charge in [-0.05, 0) is 49.4 Å². The third-order valence-electron chi connectivity index (χ3n) is 5.15. The van der Waals surface area contributed by atoms with Crippen LogP contribution in [0.1, 0.15) is 58.6 Å². The number of nitrogens with zero attached hydrogens (tertiary/aromatic N) is 1. The Labute approximate surface area is 134 Å². The van der Waals surface area contributed by atoms with Gasteiger partial charge in [-0.25, -0.2) is 0 Å². The second-order valence-corrected chi connectivity index (χ2v) is 7.05. The largest absolute Gasteiger partial charge is 0.370 e. The Hall–Kier alpha value is -0.730. The van der Waals surface area contributed by atoms with Gasteiger partial charge in [0.1, 0.15) is 0 Å². The van der Waals surface area contributed by atoms with Gasteiger partial charge in [0.25, 0.3) is 0 Å². The lowest BCUT2D eigenvalue weighted by Gasteiger charge is -2.40. The summed E-state index contributed by atoms with van der Waals surface area (Å²) in [4.78, 5) is 2.45. The SMILES string of the molecule is CCNC(C)c1ccc(N2CCC(C)(CC)CC2)c(Cl)c1. The Bertz CT molecular complexity index is 464. The van der Waals surface area contributed by atoms with Gasteiger partial charge in [-0.15, -0.1) is 0 Å². The summed E-state index contributed by atoms with van der Waals surface area (Å²) < 4.78 is 0. The first-order valence-corrected chi connectivity index (χ1v) is 8.64. The number of hydrogen-bond acceptors (Lipinski definition) is 2. The van der Waals surface area contributed by atoms with Gasteiger partial charge in [0.15, 0.2) is 0 Å². The van der Waals surface area contributed by atoms with Gasteiger partial charge in [0.05, 0.1) is 10.7 Å². The molecular weight excluding hydrogens is 280 g/mol. The summed E-state index contributed by atoms with van der Waals surface area (Å²) in [7, 11) is 0. The van der Waals surface area contributed by atoms with E-state index in [1.54, 1.807) is 0 Å². The number of halogens is 1. The van der Waals surface area contributed by atoms with E-state index >= 15 is 0 Å². The van der Waals surface area contributed by atoms with Gasteiger partial charge >= 0.3 is 0 Å². The topological polar surface area (TPSA) is 15.3 Å². The molecule has 2 rings (SSSR count). The smallest absolute Gasteiger partial charge is 0.0642 e. The van der Waals surface area contributed by atoms with E-state index in [-0.39, 0.29) is 0 Å². The molecule has 1 aliphatic rings. The minimum Gasteiger partial charge on any atom is -0.370 e. The van der Waals surface area contributed by atoms with Crippen LogP contribution in [0.3, 0.4) is 0 Å². The predicted octanol–water partition coefficient (Wildman–Crippen LogP) is 5.03. The molecule has 0 spiro atoms. The lowest BCUT2D eigenvalue weighted by atomic mass is 9.78. The Balaban J connectivity index is 2.08. The highest BCUT2D eigenvalue weighted by molar-refractivity contribution is 6.33. The molecule has 118 valence electrons. The summed E-state index contributed by atoms with van der Waals surface area (Å²) in [5.41, 5.74) is 2.98. The normalized spacial score (nSPS) is 19.6. The van der Waals surface area contributed by atoms with Gasteiger partial charge in [-0.1, -0.05) is 44.9 Å². The van der Waals surface area contributed by atoms with Crippen LogP contribution in [0, 0.1) is 5.41 Å². The Morgan fingerprint density at radius 3 is 2.48 bits per heavy atom. The molecule has 1 aliphatic heterocycles. The van der Waals surface area contributed by atoms with Crippen LogP contribution >= 0.6 is 11.6 Å². The summed E-state index contributed by atoms with van der Waals surface area (Å²) in [5, 5.41) is 4.32. The minimum absolute atomic E-state index is 0.353. The maximum absolute atomic E-state index is 6.54. The van der Waals surface area contributed by atoms with Crippen LogP contribution in [0.25, 0.3) is 0 Å². The monoisotopic (exact) mass is 308 g/mol. The van der Waals surface area contributed by atoms with Crippen molar-refractivity contribution in [3.8, 4) is 0 Å². The number of rotatable bonds is 5. The van der Waals surface area contributed by atoms with Gasteiger partial charge in [0, 0.05) is 19.1 Å². The van der Waals surface area contributed by atoms with Crippen LogP contribution in [0.15, 0.2) is 18.2 Å². The summed E-state index contributed by atoms with van der Waals surface area (Å²) in [5.74, 6) is 0. The van der Waals surface area contributed by atoms with Crippen LogP contribution in [0.4, 0.5) is 5.69 Å². The van der Waals surface area contributed by atoms with Crippen LogP contribution in [-0.2, 0) is 0 Å². The third-order valence-corrected chi connectivity index (χ3v) is 5.45. The van der Waals surface area contributed by atoms with Crippen molar-refractivity contribution in [3.05, 3.63) is 28.8 Å². The first-order chi connectivity index (χ1) is 9.99. The van der Waals surface area contributed by atoms with Crippen molar-refractivity contribution in [2.75, 3.05) is 24.5 Å². The summed E-state index contributed by atoms with van der Waals surface area (Å²) >= 11 is 6.54. The van der Waals surface area contributed by atoms with Gasteiger partial charge < -0.3 is 10.2 Å². The molecule has 1 atom stereocenters. The van der Waals surface area contributed by atoms with Crippen LogP contribution in [0.2, 0.25) is 5.02 Å². The molecule has 0 saturated carbocycles. The molecule has 1 fully saturated rings. The zero-order valence-electron chi connectivity index (χ0n) is 13.9. The molecular formula is C18H29ClN2. The zero-order chi connectivity index (χ0) is 15.5. The van der Waals surface area contributed by atoms with Gasteiger partial charge in [0.2, 0.25) is 0 Å². The first kappa shape index (κ1) is 16.6. The quantitative estimate of drug-likeness (QED) is 0.821. The maximum Gasteiger partial charge on any atom is 0.0642 e. The Morgan fingerprint density at radius 2 is 1.95 bits per heavy atom. The van der Waals surface area contributed by atoms with E-state index in [0.717, 1.165) is 24.7 Å². The van der Waals surface area contributed by atoms with Crippen LogP contribution in [0.5, 0.6) is 0 Å².